The number of furan rings is 1. The van der Waals surface area contributed by atoms with Crippen molar-refractivity contribution in [3.8, 4) is 0 Å². The van der Waals surface area contributed by atoms with E-state index in [4.69, 9.17) is 9.15 Å². The zero-order valence-corrected chi connectivity index (χ0v) is 16.0. The largest absolute Gasteiger partial charge is 0.463 e. The first-order valence-corrected chi connectivity index (χ1v) is 9.39. The minimum atomic E-state index is -1.20. The van der Waals surface area contributed by atoms with Crippen molar-refractivity contribution in [3.05, 3.63) is 54.0 Å². The fourth-order valence-corrected chi connectivity index (χ4v) is 4.43. The minimum Gasteiger partial charge on any atom is -0.463 e. The van der Waals surface area contributed by atoms with E-state index in [0.29, 0.717) is 11.4 Å². The third kappa shape index (κ3) is 2.57. The van der Waals surface area contributed by atoms with Gasteiger partial charge in [0.25, 0.3) is 0 Å². The van der Waals surface area contributed by atoms with Crippen LogP contribution in [0.4, 0.5) is 5.69 Å². The van der Waals surface area contributed by atoms with Crippen LogP contribution in [0, 0.1) is 18.8 Å². The van der Waals surface area contributed by atoms with E-state index >= 15 is 0 Å². The van der Waals surface area contributed by atoms with Gasteiger partial charge in [-0.15, -0.1) is 0 Å². The predicted molar refractivity (Wildman–Crippen MR) is 99.1 cm³/mol. The van der Waals surface area contributed by atoms with Gasteiger partial charge in [-0.2, -0.15) is 0 Å². The van der Waals surface area contributed by atoms with Crippen molar-refractivity contribution >= 4 is 23.5 Å². The molecular weight excluding hydrogens is 360 g/mol. The van der Waals surface area contributed by atoms with Gasteiger partial charge in [0, 0.05) is 6.92 Å². The monoisotopic (exact) mass is 383 g/mol. The smallest absolute Gasteiger partial charge is 0.368 e. The molecule has 7 nitrogen and oxygen atoms in total. The van der Waals surface area contributed by atoms with Crippen LogP contribution in [0.3, 0.4) is 0 Å². The normalized spacial score (nSPS) is 29.2. The molecule has 0 unspecified atom stereocenters. The van der Waals surface area contributed by atoms with Gasteiger partial charge in [-0.05, 0) is 38.1 Å². The number of rotatable bonds is 4. The lowest BCUT2D eigenvalue weighted by Gasteiger charge is -2.25. The second-order valence-corrected chi connectivity index (χ2v) is 7.56. The zero-order valence-electron chi connectivity index (χ0n) is 16.0. The molecule has 146 valence electrons. The average Bonchev–Trinajstić information content (AvgIpc) is 3.35. The highest BCUT2D eigenvalue weighted by molar-refractivity contribution is 6.23. The number of quaternary nitrogens is 1. The quantitative estimate of drug-likeness (QED) is 0.635. The van der Waals surface area contributed by atoms with Gasteiger partial charge in [-0.3, -0.25) is 9.59 Å². The highest BCUT2D eigenvalue weighted by atomic mass is 16.5. The molecule has 2 amide bonds. The summed E-state index contributed by atoms with van der Waals surface area (Å²) in [5.74, 6) is -2.14. The van der Waals surface area contributed by atoms with Crippen LogP contribution >= 0.6 is 0 Å². The maximum absolute atomic E-state index is 13.4. The van der Waals surface area contributed by atoms with Gasteiger partial charge < -0.3 is 14.5 Å². The summed E-state index contributed by atoms with van der Waals surface area (Å²) in [7, 11) is 0. The molecule has 2 aliphatic heterocycles. The highest BCUT2D eigenvalue weighted by Gasteiger charge is 2.71. The van der Waals surface area contributed by atoms with Crippen molar-refractivity contribution in [1.82, 2.24) is 0 Å². The van der Waals surface area contributed by atoms with Gasteiger partial charge in [0.15, 0.2) is 11.8 Å². The lowest BCUT2D eigenvalue weighted by molar-refractivity contribution is -0.732. The first-order valence-electron chi connectivity index (χ1n) is 9.39. The maximum atomic E-state index is 13.4. The topological polar surface area (TPSA) is 93.4 Å². The van der Waals surface area contributed by atoms with Crippen molar-refractivity contribution in [2.75, 3.05) is 11.5 Å². The summed E-state index contributed by atoms with van der Waals surface area (Å²) >= 11 is 0. The number of hydrogen-bond acceptors (Lipinski definition) is 5. The molecule has 0 bridgehead atoms. The lowest BCUT2D eigenvalue weighted by Crippen LogP contribution is -2.97. The third-order valence-electron chi connectivity index (χ3n) is 5.79. The Kier molecular flexibility index (Phi) is 4.34. The molecule has 2 saturated heterocycles. The first kappa shape index (κ1) is 18.4. The van der Waals surface area contributed by atoms with Crippen molar-refractivity contribution in [3.63, 3.8) is 0 Å². The van der Waals surface area contributed by atoms with Gasteiger partial charge in [0.1, 0.15) is 11.8 Å². The molecule has 7 heteroatoms. The Balaban J connectivity index is 1.80. The van der Waals surface area contributed by atoms with Gasteiger partial charge in [0.2, 0.25) is 17.4 Å². The lowest BCUT2D eigenvalue weighted by atomic mass is 9.81. The Morgan fingerprint density at radius 3 is 2.54 bits per heavy atom. The van der Waals surface area contributed by atoms with Crippen LogP contribution in [0.15, 0.2) is 47.1 Å². The van der Waals surface area contributed by atoms with Gasteiger partial charge in [-0.1, -0.05) is 17.7 Å². The van der Waals surface area contributed by atoms with Gasteiger partial charge in [0.05, 0.1) is 18.6 Å². The van der Waals surface area contributed by atoms with Crippen molar-refractivity contribution in [2.45, 2.75) is 32.4 Å². The number of amides is 2. The molecule has 2 aliphatic rings. The summed E-state index contributed by atoms with van der Waals surface area (Å²) in [5, 5.41) is 1.75. The van der Waals surface area contributed by atoms with E-state index in [0.717, 1.165) is 5.56 Å². The SMILES string of the molecule is CCOC(=O)[C@@]1(C)[NH2+][C@@H](c2ccco2)[C@H]2C(=O)N(c3ccc(C)cc3)C(=O)[C@H]21. The molecular formula is C21H23N2O5+. The number of carbonyl (C=O) groups is 3. The third-order valence-corrected chi connectivity index (χ3v) is 5.79. The van der Waals surface area contributed by atoms with Crippen LogP contribution < -0.4 is 10.2 Å². The molecule has 2 N–H and O–H groups in total. The summed E-state index contributed by atoms with van der Waals surface area (Å²) in [5.41, 5.74) is 0.338. The van der Waals surface area contributed by atoms with E-state index in [1.54, 1.807) is 43.4 Å². The zero-order chi connectivity index (χ0) is 20.1. The molecule has 0 spiro atoms. The first-order chi connectivity index (χ1) is 13.4. The number of anilines is 1. The number of nitrogens with zero attached hydrogens (tertiary/aromatic N) is 1. The Morgan fingerprint density at radius 2 is 1.93 bits per heavy atom. The van der Waals surface area contributed by atoms with Crippen molar-refractivity contribution < 1.29 is 28.9 Å². The number of carbonyl (C=O) groups excluding carboxylic acids is 3. The van der Waals surface area contributed by atoms with E-state index in [9.17, 15) is 14.4 Å². The van der Waals surface area contributed by atoms with Gasteiger partial charge in [-0.25, -0.2) is 9.69 Å². The van der Waals surface area contributed by atoms with E-state index in [-0.39, 0.29) is 18.4 Å². The molecule has 2 aromatic rings. The van der Waals surface area contributed by atoms with Crippen LogP contribution in [0.5, 0.6) is 0 Å². The number of fused-ring (bicyclic) bond motifs is 1. The van der Waals surface area contributed by atoms with Crippen molar-refractivity contribution in [1.29, 1.82) is 0 Å². The second kappa shape index (κ2) is 6.60. The molecule has 1 aromatic heterocycles. The Bertz CT molecular complexity index is 921. The number of esters is 1. The van der Waals surface area contributed by atoms with Crippen LogP contribution in [0.2, 0.25) is 0 Å². The van der Waals surface area contributed by atoms with Crippen LogP contribution in [-0.4, -0.2) is 29.9 Å². The van der Waals surface area contributed by atoms with Crippen molar-refractivity contribution in [2.24, 2.45) is 11.8 Å². The molecule has 0 saturated carbocycles. The van der Waals surface area contributed by atoms with E-state index in [1.165, 1.54) is 11.2 Å². The second-order valence-electron chi connectivity index (χ2n) is 7.56. The molecule has 28 heavy (non-hydrogen) atoms. The Morgan fingerprint density at radius 1 is 1.21 bits per heavy atom. The number of aryl methyl sites for hydroxylation is 1. The maximum Gasteiger partial charge on any atom is 0.368 e. The number of nitrogens with two attached hydrogens (primary N) is 1. The summed E-state index contributed by atoms with van der Waals surface area (Å²) in [6.45, 7) is 5.54. The number of hydrogen-bond donors (Lipinski definition) is 1. The van der Waals surface area contributed by atoms with Crippen LogP contribution in [-0.2, 0) is 19.1 Å². The molecule has 4 rings (SSSR count). The van der Waals surface area contributed by atoms with E-state index in [2.05, 4.69) is 0 Å². The van der Waals surface area contributed by atoms with Gasteiger partial charge >= 0.3 is 5.97 Å². The average molecular weight is 383 g/mol. The van der Waals surface area contributed by atoms with Crippen LogP contribution in [0.1, 0.15) is 31.2 Å². The Hall–Kier alpha value is -2.93. The Labute approximate surface area is 162 Å². The fraction of sp³-hybridized carbons (Fsp3) is 0.381. The molecule has 4 atom stereocenters. The summed E-state index contributed by atoms with van der Waals surface area (Å²) in [6.07, 6.45) is 1.52. The highest BCUT2D eigenvalue weighted by Crippen LogP contribution is 2.45. The molecule has 0 aliphatic carbocycles. The molecule has 1 aromatic carbocycles. The standard InChI is InChI=1S/C21H22N2O5/c1-4-27-20(26)21(3)16-15(17(22-21)14-6-5-11-28-14)18(24)23(19(16)25)13-9-7-12(2)8-10-13/h5-11,15-17,22H,4H2,1-3H3/p+1/t15-,16-,17-,21-/m0/s1. The van der Waals surface area contributed by atoms with Crippen LogP contribution in [0.25, 0.3) is 0 Å². The van der Waals surface area contributed by atoms with E-state index in [1.807, 2.05) is 19.1 Å². The molecule has 0 radical (unpaired) electrons. The van der Waals surface area contributed by atoms with E-state index < -0.39 is 29.4 Å². The summed E-state index contributed by atoms with van der Waals surface area (Å²) < 4.78 is 10.8. The molecule has 2 fully saturated rings. The number of imide groups is 1. The summed E-state index contributed by atoms with van der Waals surface area (Å²) in [6, 6.07) is 10.2. The predicted octanol–water partition coefficient (Wildman–Crippen LogP) is 1.33. The number of benzene rings is 1. The number of ether oxygens (including phenoxy) is 1. The molecule has 3 heterocycles. The fourth-order valence-electron chi connectivity index (χ4n) is 4.43. The summed E-state index contributed by atoms with van der Waals surface area (Å²) in [4.78, 5) is 40.7. The minimum absolute atomic E-state index is 0.203.